The van der Waals surface area contributed by atoms with Crippen LogP contribution in [0.2, 0.25) is 0 Å². The van der Waals surface area contributed by atoms with Crippen LogP contribution in [-0.4, -0.2) is 51.6 Å². The van der Waals surface area contributed by atoms with Crippen molar-refractivity contribution in [1.29, 1.82) is 0 Å². The first-order valence-electron chi connectivity index (χ1n) is 12.6. The number of hydrogen-bond acceptors (Lipinski definition) is 6. The molecule has 5 rings (SSSR count). The lowest BCUT2D eigenvalue weighted by Gasteiger charge is -2.26. The summed E-state index contributed by atoms with van der Waals surface area (Å²) >= 11 is 0. The van der Waals surface area contributed by atoms with Crippen LogP contribution in [0.1, 0.15) is 55.8 Å². The van der Waals surface area contributed by atoms with Crippen LogP contribution < -0.4 is 5.73 Å². The van der Waals surface area contributed by atoms with Gasteiger partial charge in [-0.3, -0.25) is 0 Å². The molecule has 0 bridgehead atoms. The Labute approximate surface area is 216 Å². The lowest BCUT2D eigenvalue weighted by atomic mass is 10.1. The molecule has 0 aliphatic carbocycles. The Kier molecular flexibility index (Phi) is 7.68. The summed E-state index contributed by atoms with van der Waals surface area (Å²) in [5, 5.41) is 4.26. The van der Waals surface area contributed by atoms with Gasteiger partial charge in [0.05, 0.1) is 6.54 Å². The van der Waals surface area contributed by atoms with Crippen LogP contribution in [0.25, 0.3) is 11.3 Å². The van der Waals surface area contributed by atoms with E-state index in [1.165, 1.54) is 0 Å². The molecule has 1 fully saturated rings. The normalized spacial score (nSPS) is 18.6. The third kappa shape index (κ3) is 6.28. The van der Waals surface area contributed by atoms with E-state index in [2.05, 4.69) is 22.0 Å². The van der Waals surface area contributed by atoms with Crippen molar-refractivity contribution < 1.29 is 18.8 Å². The molecule has 192 valence electrons. The second-order valence-corrected chi connectivity index (χ2v) is 9.26. The third-order valence-electron chi connectivity index (χ3n) is 6.55. The van der Waals surface area contributed by atoms with Gasteiger partial charge in [-0.25, -0.2) is 9.78 Å². The van der Waals surface area contributed by atoms with Crippen LogP contribution in [-0.2, 0) is 16.0 Å². The number of primary amides is 1. The zero-order valence-corrected chi connectivity index (χ0v) is 20.9. The first kappa shape index (κ1) is 24.8. The van der Waals surface area contributed by atoms with E-state index in [-0.39, 0.29) is 12.4 Å². The minimum atomic E-state index is -0.395. The van der Waals surface area contributed by atoms with Crippen LogP contribution in [0, 0.1) is 11.8 Å². The first-order valence-corrected chi connectivity index (χ1v) is 12.6. The lowest BCUT2D eigenvalue weighted by molar-refractivity contribution is -0.188. The standard InChI is InChI=1S/C28H31N5O4/c1-20(36-26-4-2-3-17-35-26)27-30-13-16-33(27)19-24-18-25(37-31-24)23-9-7-21(8-10-23)5-6-22-11-14-32(15-12-22)28(29)34/h7-11,13,16,18,20,26H,2-4,12,14-15,17,19H2,1H3,(H2,29,34)/t20-,26?/m0/s1. The van der Waals surface area contributed by atoms with Gasteiger partial charge in [0.25, 0.3) is 0 Å². The van der Waals surface area contributed by atoms with Crippen molar-refractivity contribution in [2.24, 2.45) is 5.73 Å². The number of nitrogens with zero attached hydrogens (tertiary/aromatic N) is 4. The Morgan fingerprint density at radius 1 is 1.27 bits per heavy atom. The van der Waals surface area contributed by atoms with Gasteiger partial charge in [-0.15, -0.1) is 0 Å². The topological polar surface area (TPSA) is 109 Å². The molecule has 2 aliphatic rings. The monoisotopic (exact) mass is 501 g/mol. The van der Waals surface area contributed by atoms with E-state index in [1.807, 2.05) is 54.1 Å². The summed E-state index contributed by atoms with van der Waals surface area (Å²) < 4.78 is 19.4. The van der Waals surface area contributed by atoms with E-state index in [0.29, 0.717) is 31.8 Å². The molecule has 0 radical (unpaired) electrons. The minimum Gasteiger partial charge on any atom is -0.356 e. The Balaban J connectivity index is 1.20. The number of urea groups is 1. The molecule has 0 spiro atoms. The maximum Gasteiger partial charge on any atom is 0.315 e. The van der Waals surface area contributed by atoms with Crippen LogP contribution in [0.4, 0.5) is 4.79 Å². The van der Waals surface area contributed by atoms with Crippen molar-refractivity contribution in [2.75, 3.05) is 19.7 Å². The summed E-state index contributed by atoms with van der Waals surface area (Å²) in [6.07, 6.45) is 9.12. The number of rotatable bonds is 6. The van der Waals surface area contributed by atoms with Crippen LogP contribution in [0.15, 0.2) is 58.9 Å². The molecule has 2 amide bonds. The second-order valence-electron chi connectivity index (χ2n) is 9.26. The number of nitrogens with two attached hydrogens (primary N) is 1. The van der Waals surface area contributed by atoms with Crippen LogP contribution >= 0.6 is 0 Å². The fraction of sp³-hybridized carbons (Fsp3) is 0.393. The fourth-order valence-corrected chi connectivity index (χ4v) is 4.47. The smallest absolute Gasteiger partial charge is 0.315 e. The molecule has 2 atom stereocenters. The van der Waals surface area contributed by atoms with E-state index in [1.54, 1.807) is 11.1 Å². The van der Waals surface area contributed by atoms with Gasteiger partial charge in [0.2, 0.25) is 0 Å². The number of aromatic nitrogens is 3. The fourth-order valence-electron chi connectivity index (χ4n) is 4.47. The first-order chi connectivity index (χ1) is 18.0. The SMILES string of the molecule is C[C@H](OC1CCCCO1)c1nccn1Cc1cc(-c2ccc(C#CC3=CCN(C(N)=O)CC3)cc2)on1. The number of carbonyl (C=O) groups excluding carboxylic acids is 1. The number of hydrogen-bond donors (Lipinski definition) is 1. The molecular formula is C28H31N5O4. The second kappa shape index (κ2) is 11.5. The van der Waals surface area contributed by atoms with Crippen molar-refractivity contribution in [3.63, 3.8) is 0 Å². The maximum atomic E-state index is 11.2. The summed E-state index contributed by atoms with van der Waals surface area (Å²) in [4.78, 5) is 17.3. The minimum absolute atomic E-state index is 0.174. The van der Waals surface area contributed by atoms with Gasteiger partial charge < -0.3 is 29.2 Å². The maximum absolute atomic E-state index is 11.2. The zero-order chi connectivity index (χ0) is 25.6. The molecule has 2 N–H and O–H groups in total. The van der Waals surface area contributed by atoms with Gasteiger partial charge in [0, 0.05) is 54.9 Å². The molecule has 1 unspecified atom stereocenters. The average molecular weight is 502 g/mol. The van der Waals surface area contributed by atoms with Gasteiger partial charge >= 0.3 is 6.03 Å². The summed E-state index contributed by atoms with van der Waals surface area (Å²) in [5.74, 6) is 7.91. The molecule has 9 heteroatoms. The highest BCUT2D eigenvalue weighted by molar-refractivity contribution is 5.72. The molecule has 3 aromatic rings. The number of carbonyl (C=O) groups is 1. The Morgan fingerprint density at radius 2 is 2.14 bits per heavy atom. The highest BCUT2D eigenvalue weighted by Crippen LogP contribution is 2.25. The number of benzene rings is 1. The van der Waals surface area contributed by atoms with E-state index < -0.39 is 6.03 Å². The molecule has 0 saturated carbocycles. The Morgan fingerprint density at radius 3 is 2.86 bits per heavy atom. The predicted octanol–water partition coefficient (Wildman–Crippen LogP) is 4.25. The molecular weight excluding hydrogens is 470 g/mol. The van der Waals surface area contributed by atoms with E-state index in [4.69, 9.17) is 19.7 Å². The molecule has 2 aromatic heterocycles. The summed E-state index contributed by atoms with van der Waals surface area (Å²) in [6.45, 7) is 4.38. The Bertz CT molecular complexity index is 1310. The van der Waals surface area contributed by atoms with Gasteiger partial charge in [-0.1, -0.05) is 23.1 Å². The van der Waals surface area contributed by atoms with Crippen molar-refractivity contribution in [1.82, 2.24) is 19.6 Å². The van der Waals surface area contributed by atoms with Gasteiger partial charge in [0.1, 0.15) is 17.6 Å². The van der Waals surface area contributed by atoms with E-state index in [9.17, 15) is 4.79 Å². The Hall–Kier alpha value is -3.87. The van der Waals surface area contributed by atoms with Crippen molar-refractivity contribution >= 4 is 6.03 Å². The third-order valence-corrected chi connectivity index (χ3v) is 6.55. The summed E-state index contributed by atoms with van der Waals surface area (Å²) in [5.41, 5.74) is 8.97. The molecule has 9 nitrogen and oxygen atoms in total. The quantitative estimate of drug-likeness (QED) is 0.506. The predicted molar refractivity (Wildman–Crippen MR) is 137 cm³/mol. The molecule has 4 heterocycles. The van der Waals surface area contributed by atoms with Crippen molar-refractivity contribution in [3.8, 4) is 23.2 Å². The molecule has 1 saturated heterocycles. The lowest BCUT2D eigenvalue weighted by Crippen LogP contribution is -2.38. The molecule has 37 heavy (non-hydrogen) atoms. The van der Waals surface area contributed by atoms with Gasteiger partial charge in [-0.2, -0.15) is 0 Å². The highest BCUT2D eigenvalue weighted by Gasteiger charge is 2.21. The van der Waals surface area contributed by atoms with Crippen LogP contribution in [0.3, 0.4) is 0 Å². The zero-order valence-electron chi connectivity index (χ0n) is 20.9. The number of amides is 2. The van der Waals surface area contributed by atoms with E-state index >= 15 is 0 Å². The molecule has 1 aromatic carbocycles. The average Bonchev–Trinajstić information content (AvgIpc) is 3.59. The largest absolute Gasteiger partial charge is 0.356 e. The van der Waals surface area contributed by atoms with Crippen molar-refractivity contribution in [2.45, 2.75) is 51.5 Å². The van der Waals surface area contributed by atoms with Gasteiger partial charge in [-0.05, 0) is 56.9 Å². The van der Waals surface area contributed by atoms with Gasteiger partial charge in [0.15, 0.2) is 12.1 Å². The summed E-state index contributed by atoms with van der Waals surface area (Å²) in [7, 11) is 0. The van der Waals surface area contributed by atoms with Crippen LogP contribution in [0.5, 0.6) is 0 Å². The summed E-state index contributed by atoms with van der Waals surface area (Å²) in [6, 6.07) is 9.42. The number of imidazole rings is 1. The van der Waals surface area contributed by atoms with Crippen molar-refractivity contribution in [3.05, 3.63) is 71.5 Å². The molecule has 2 aliphatic heterocycles. The highest BCUT2D eigenvalue weighted by atomic mass is 16.7. The number of ether oxygens (including phenoxy) is 2. The van der Waals surface area contributed by atoms with E-state index in [0.717, 1.165) is 54.1 Å².